The van der Waals surface area contributed by atoms with E-state index in [0.29, 0.717) is 23.2 Å². The lowest BCUT2D eigenvalue weighted by atomic mass is 9.94. The largest absolute Gasteiger partial charge is 0.455 e. The molecule has 4 aromatic heterocycles. The van der Waals surface area contributed by atoms with Crippen LogP contribution in [0.4, 0.5) is 0 Å². The van der Waals surface area contributed by atoms with Crippen LogP contribution in [-0.4, -0.2) is 19.9 Å². The summed E-state index contributed by atoms with van der Waals surface area (Å²) >= 11 is 0. The maximum atomic E-state index is 6.53. The number of fused-ring (bicyclic) bond motifs is 6. The van der Waals surface area contributed by atoms with Crippen LogP contribution < -0.4 is 0 Å². The highest BCUT2D eigenvalue weighted by Gasteiger charge is 2.19. The normalized spacial score (nSPS) is 11.6. The van der Waals surface area contributed by atoms with Gasteiger partial charge in [0.2, 0.25) is 0 Å². The molecule has 6 aromatic carbocycles. The second kappa shape index (κ2) is 11.4. The van der Waals surface area contributed by atoms with E-state index < -0.39 is 0 Å². The zero-order valence-electron chi connectivity index (χ0n) is 26.6. The van der Waals surface area contributed by atoms with Crippen molar-refractivity contribution in [2.24, 2.45) is 0 Å². The second-order valence-electron chi connectivity index (χ2n) is 12.2. The average molecular weight is 643 g/mol. The van der Waals surface area contributed by atoms with Gasteiger partial charge in [-0.05, 0) is 53.6 Å². The maximum Gasteiger partial charge on any atom is 0.182 e. The molecule has 0 radical (unpaired) electrons. The highest BCUT2D eigenvalue weighted by atomic mass is 16.3. The van der Waals surface area contributed by atoms with Crippen LogP contribution in [0.15, 0.2) is 167 Å². The molecule has 0 aliphatic carbocycles. The van der Waals surface area contributed by atoms with Crippen LogP contribution >= 0.6 is 0 Å². The Labute approximate surface area is 286 Å². The number of hydrogen-bond donors (Lipinski definition) is 0. The number of furan rings is 2. The van der Waals surface area contributed by atoms with Gasteiger partial charge in [0.05, 0.1) is 0 Å². The van der Waals surface area contributed by atoms with E-state index in [2.05, 4.69) is 71.7 Å². The van der Waals surface area contributed by atoms with Gasteiger partial charge in [0.1, 0.15) is 28.0 Å². The first kappa shape index (κ1) is 28.1. The number of pyridine rings is 1. The van der Waals surface area contributed by atoms with Crippen molar-refractivity contribution in [3.05, 3.63) is 158 Å². The molecule has 0 bridgehead atoms. The zero-order chi connectivity index (χ0) is 33.0. The van der Waals surface area contributed by atoms with Crippen LogP contribution in [0, 0.1) is 0 Å². The van der Waals surface area contributed by atoms with Crippen molar-refractivity contribution in [1.29, 1.82) is 0 Å². The molecule has 0 aliphatic rings. The minimum atomic E-state index is 0.500. The van der Waals surface area contributed by atoms with E-state index in [9.17, 15) is 0 Å². The van der Waals surface area contributed by atoms with Crippen molar-refractivity contribution in [2.75, 3.05) is 0 Å². The van der Waals surface area contributed by atoms with E-state index in [4.69, 9.17) is 23.8 Å². The first-order chi connectivity index (χ1) is 24.8. The highest BCUT2D eigenvalue weighted by molar-refractivity contribution is 6.11. The minimum Gasteiger partial charge on any atom is -0.455 e. The Hall–Kier alpha value is -6.92. The summed E-state index contributed by atoms with van der Waals surface area (Å²) in [4.78, 5) is 19.6. The van der Waals surface area contributed by atoms with Gasteiger partial charge in [-0.2, -0.15) is 0 Å². The molecule has 0 amide bonds. The summed E-state index contributed by atoms with van der Waals surface area (Å²) in [7, 11) is 0. The summed E-state index contributed by atoms with van der Waals surface area (Å²) in [5.41, 5.74) is 9.63. The van der Waals surface area contributed by atoms with Gasteiger partial charge in [-0.1, -0.05) is 109 Å². The SMILES string of the molecule is c1ccc(-c2nc(-c3cc(-c4cccc5c4oc4ccccc45)cc(-c4cccc5c4oc4ccccc45)c3)nc(-c3ccccn3)n2)cc1. The Kier molecular flexibility index (Phi) is 6.39. The molecule has 6 heteroatoms. The van der Waals surface area contributed by atoms with Crippen molar-refractivity contribution >= 4 is 43.9 Å². The fourth-order valence-electron chi connectivity index (χ4n) is 6.85. The topological polar surface area (TPSA) is 77.8 Å². The van der Waals surface area contributed by atoms with Gasteiger partial charge < -0.3 is 8.83 Å². The maximum absolute atomic E-state index is 6.53. The van der Waals surface area contributed by atoms with Crippen molar-refractivity contribution in [1.82, 2.24) is 19.9 Å². The van der Waals surface area contributed by atoms with E-state index in [1.807, 2.05) is 84.9 Å². The van der Waals surface area contributed by atoms with Gasteiger partial charge in [0.15, 0.2) is 17.5 Å². The molecule has 0 unspecified atom stereocenters. The van der Waals surface area contributed by atoms with Gasteiger partial charge >= 0.3 is 0 Å². The molecule has 4 heterocycles. The van der Waals surface area contributed by atoms with Crippen LogP contribution in [0.25, 0.3) is 100 Å². The first-order valence-electron chi connectivity index (χ1n) is 16.5. The summed E-state index contributed by atoms with van der Waals surface area (Å²) in [6.45, 7) is 0. The van der Waals surface area contributed by atoms with Crippen LogP contribution in [0.5, 0.6) is 0 Å². The Balaban J connectivity index is 1.26. The highest BCUT2D eigenvalue weighted by Crippen LogP contribution is 2.41. The lowest BCUT2D eigenvalue weighted by Gasteiger charge is -2.13. The minimum absolute atomic E-state index is 0.500. The molecule has 0 fully saturated rings. The Bertz CT molecular complexity index is 2690. The van der Waals surface area contributed by atoms with Gasteiger partial charge in [-0.3, -0.25) is 4.98 Å². The number of rotatable bonds is 5. The second-order valence-corrected chi connectivity index (χ2v) is 12.2. The first-order valence-corrected chi connectivity index (χ1v) is 16.5. The number of hydrogen-bond acceptors (Lipinski definition) is 6. The van der Waals surface area contributed by atoms with Crippen molar-refractivity contribution in [3.63, 3.8) is 0 Å². The summed E-state index contributed by atoms with van der Waals surface area (Å²) in [6.07, 6.45) is 1.75. The summed E-state index contributed by atoms with van der Waals surface area (Å²) in [5.74, 6) is 1.61. The molecule has 0 saturated heterocycles. The van der Waals surface area contributed by atoms with Crippen LogP contribution in [0.2, 0.25) is 0 Å². The number of nitrogens with zero attached hydrogens (tertiary/aromatic N) is 4. The van der Waals surface area contributed by atoms with Gasteiger partial charge in [0, 0.05) is 50.0 Å². The van der Waals surface area contributed by atoms with Crippen molar-refractivity contribution in [3.8, 4) is 56.5 Å². The number of aromatic nitrogens is 4. The number of benzene rings is 6. The molecule has 50 heavy (non-hydrogen) atoms. The van der Waals surface area contributed by atoms with Crippen LogP contribution in [0.3, 0.4) is 0 Å². The quantitative estimate of drug-likeness (QED) is 0.186. The predicted molar refractivity (Wildman–Crippen MR) is 199 cm³/mol. The van der Waals surface area contributed by atoms with Gasteiger partial charge in [-0.25, -0.2) is 15.0 Å². The molecular formula is C44H26N4O2. The summed E-state index contributed by atoms with van der Waals surface area (Å²) in [6, 6.07) is 51.1. The molecule has 234 valence electrons. The van der Waals surface area contributed by atoms with Crippen LogP contribution in [-0.2, 0) is 0 Å². The Morgan fingerprint density at radius 2 is 0.860 bits per heavy atom. The standard InChI is InChI=1S/C44H26N4O2/c1-2-12-27(13-3-1)42-46-43(48-44(47-42)37-20-8-9-23-45-37)30-25-28(31-16-10-18-35-33-14-4-6-21-38(33)49-40(31)35)24-29(26-30)32-17-11-19-36-34-15-5-7-22-39(34)50-41(32)36/h1-26H. The molecule has 0 spiro atoms. The predicted octanol–water partition coefficient (Wildman–Crippen LogP) is 11.4. The van der Waals surface area contributed by atoms with E-state index in [-0.39, 0.29) is 0 Å². The van der Waals surface area contributed by atoms with E-state index in [1.165, 1.54) is 0 Å². The lowest BCUT2D eigenvalue weighted by molar-refractivity contribution is 0.670. The number of para-hydroxylation sites is 4. The molecule has 0 atom stereocenters. The molecule has 10 aromatic rings. The average Bonchev–Trinajstić information content (AvgIpc) is 3.77. The third-order valence-corrected chi connectivity index (χ3v) is 9.18. The zero-order valence-corrected chi connectivity index (χ0v) is 26.6. The van der Waals surface area contributed by atoms with Crippen molar-refractivity contribution < 1.29 is 8.83 Å². The van der Waals surface area contributed by atoms with Crippen LogP contribution in [0.1, 0.15) is 0 Å². The van der Waals surface area contributed by atoms with E-state index in [0.717, 1.165) is 77.3 Å². The van der Waals surface area contributed by atoms with Crippen molar-refractivity contribution in [2.45, 2.75) is 0 Å². The smallest absolute Gasteiger partial charge is 0.182 e. The van der Waals surface area contributed by atoms with E-state index in [1.54, 1.807) is 6.20 Å². The van der Waals surface area contributed by atoms with Gasteiger partial charge in [0.25, 0.3) is 0 Å². The van der Waals surface area contributed by atoms with E-state index >= 15 is 0 Å². The summed E-state index contributed by atoms with van der Waals surface area (Å²) in [5, 5.41) is 4.29. The molecular weight excluding hydrogens is 617 g/mol. The Morgan fingerprint density at radius 3 is 1.46 bits per heavy atom. The third-order valence-electron chi connectivity index (χ3n) is 9.18. The lowest BCUT2D eigenvalue weighted by Crippen LogP contribution is -2.01. The fourth-order valence-corrected chi connectivity index (χ4v) is 6.85. The fraction of sp³-hybridized carbons (Fsp3) is 0. The Morgan fingerprint density at radius 1 is 0.360 bits per heavy atom. The summed E-state index contributed by atoms with van der Waals surface area (Å²) < 4.78 is 13.1. The molecule has 0 saturated carbocycles. The van der Waals surface area contributed by atoms with Gasteiger partial charge in [-0.15, -0.1) is 0 Å². The molecule has 6 nitrogen and oxygen atoms in total. The molecule has 0 aliphatic heterocycles. The molecule has 0 N–H and O–H groups in total. The monoisotopic (exact) mass is 642 g/mol. The third kappa shape index (κ3) is 4.65. The molecule has 10 rings (SSSR count).